The fourth-order valence-electron chi connectivity index (χ4n) is 3.65. The van der Waals surface area contributed by atoms with E-state index in [1.54, 1.807) is 18.6 Å². The fourth-order valence-corrected chi connectivity index (χ4v) is 3.65. The number of aromatic amines is 1. The second kappa shape index (κ2) is 8.93. The summed E-state index contributed by atoms with van der Waals surface area (Å²) in [5.41, 5.74) is 8.89. The molecule has 1 amide bonds. The minimum absolute atomic E-state index is 0.223. The van der Waals surface area contributed by atoms with E-state index in [1.807, 2.05) is 6.08 Å². The summed E-state index contributed by atoms with van der Waals surface area (Å²) in [4.78, 5) is 26.6. The number of H-pyrrole nitrogens is 1. The van der Waals surface area contributed by atoms with Crippen LogP contribution in [-0.2, 0) is 17.6 Å². The molecule has 0 unspecified atom stereocenters. The van der Waals surface area contributed by atoms with Gasteiger partial charge >= 0.3 is 0 Å². The van der Waals surface area contributed by atoms with Gasteiger partial charge in [-0.25, -0.2) is 5.43 Å². The second-order valence-electron chi connectivity index (χ2n) is 6.80. The lowest BCUT2D eigenvalue weighted by Gasteiger charge is -2.18. The van der Waals surface area contributed by atoms with Crippen molar-refractivity contribution in [3.8, 4) is 0 Å². The Balaban J connectivity index is 1.94. The van der Waals surface area contributed by atoms with Crippen molar-refractivity contribution in [3.05, 3.63) is 52.4 Å². The topological polar surface area (TPSA) is 86.3 Å². The van der Waals surface area contributed by atoms with Gasteiger partial charge in [0.2, 0.25) is 0 Å². The van der Waals surface area contributed by atoms with Crippen molar-refractivity contribution in [3.63, 3.8) is 0 Å². The third-order valence-corrected chi connectivity index (χ3v) is 5.25. The van der Waals surface area contributed by atoms with Crippen LogP contribution in [0.15, 0.2) is 29.3 Å². The average molecular weight is 380 g/mol. The number of nitrogens with zero attached hydrogens (tertiary/aromatic N) is 4. The van der Waals surface area contributed by atoms with Gasteiger partial charge in [-0.05, 0) is 50.1 Å². The summed E-state index contributed by atoms with van der Waals surface area (Å²) >= 11 is 0. The predicted octanol–water partition coefficient (Wildman–Crippen LogP) is 2.48. The number of hydrogen-bond acceptors (Lipinski definition) is 5. The zero-order valence-corrected chi connectivity index (χ0v) is 17.0. The van der Waals surface area contributed by atoms with Crippen LogP contribution >= 0.6 is 0 Å². The van der Waals surface area contributed by atoms with E-state index >= 15 is 0 Å². The van der Waals surface area contributed by atoms with Crippen LogP contribution in [0.1, 0.15) is 49.0 Å². The van der Waals surface area contributed by atoms with Gasteiger partial charge < -0.3 is 9.88 Å². The molecule has 0 aliphatic carbocycles. The molecule has 7 heteroatoms. The number of nitrogens with one attached hydrogen (secondary N) is 2. The number of hydrazone groups is 1. The molecule has 3 heterocycles. The Hall–Kier alpha value is -2.80. The van der Waals surface area contributed by atoms with Gasteiger partial charge in [0.25, 0.3) is 5.91 Å². The molecule has 0 bridgehead atoms. The monoisotopic (exact) mass is 380 g/mol. The van der Waals surface area contributed by atoms with Gasteiger partial charge in [-0.15, -0.1) is 0 Å². The molecule has 2 aromatic heterocycles. The molecule has 1 aliphatic rings. The second-order valence-corrected chi connectivity index (χ2v) is 6.80. The van der Waals surface area contributed by atoms with Crippen LogP contribution < -0.4 is 5.43 Å². The Morgan fingerprint density at radius 1 is 1.14 bits per heavy atom. The molecule has 2 N–H and O–H groups in total. The van der Waals surface area contributed by atoms with Crippen molar-refractivity contribution in [2.45, 2.75) is 40.5 Å². The number of amides is 1. The smallest absolute Gasteiger partial charge is 0.273 e. The molecule has 0 fully saturated rings. The molecular formula is C21H28N6O. The summed E-state index contributed by atoms with van der Waals surface area (Å²) in [7, 11) is 0. The highest BCUT2D eigenvalue weighted by atomic mass is 16.2. The van der Waals surface area contributed by atoms with E-state index < -0.39 is 0 Å². The van der Waals surface area contributed by atoms with Crippen molar-refractivity contribution in [1.29, 1.82) is 0 Å². The van der Waals surface area contributed by atoms with Gasteiger partial charge in [-0.3, -0.25) is 14.8 Å². The number of aromatic nitrogens is 3. The number of hydrogen-bond donors (Lipinski definition) is 2. The van der Waals surface area contributed by atoms with Crippen LogP contribution in [0, 0.1) is 6.92 Å². The van der Waals surface area contributed by atoms with Gasteiger partial charge in [0.1, 0.15) is 11.4 Å². The van der Waals surface area contributed by atoms with Crippen molar-refractivity contribution in [2.75, 3.05) is 19.6 Å². The summed E-state index contributed by atoms with van der Waals surface area (Å²) in [5, 5.41) is 4.16. The highest BCUT2D eigenvalue weighted by Crippen LogP contribution is 2.24. The molecule has 0 saturated heterocycles. The minimum Gasteiger partial charge on any atom is -0.359 e. The maximum Gasteiger partial charge on any atom is 0.273 e. The maximum atomic E-state index is 12.4. The van der Waals surface area contributed by atoms with Gasteiger partial charge in [-0.1, -0.05) is 20.8 Å². The summed E-state index contributed by atoms with van der Waals surface area (Å²) in [5.74, 6) is -0.223. The molecule has 0 spiro atoms. The van der Waals surface area contributed by atoms with E-state index in [0.717, 1.165) is 43.9 Å². The lowest BCUT2D eigenvalue weighted by molar-refractivity contribution is -0.116. The van der Waals surface area contributed by atoms with Crippen LogP contribution in [0.2, 0.25) is 0 Å². The maximum absolute atomic E-state index is 12.4. The normalized spacial score (nSPS) is 15.4. The molecular weight excluding hydrogens is 352 g/mol. The van der Waals surface area contributed by atoms with Crippen LogP contribution in [0.5, 0.6) is 0 Å². The number of aryl methyl sites for hydroxylation is 1. The van der Waals surface area contributed by atoms with Crippen molar-refractivity contribution < 1.29 is 4.79 Å². The molecule has 2 aromatic rings. The van der Waals surface area contributed by atoms with Crippen molar-refractivity contribution in [1.82, 2.24) is 25.3 Å². The first-order valence-electron chi connectivity index (χ1n) is 9.88. The van der Waals surface area contributed by atoms with Crippen LogP contribution in [0.3, 0.4) is 0 Å². The van der Waals surface area contributed by atoms with E-state index in [1.165, 1.54) is 11.1 Å². The Morgan fingerprint density at radius 3 is 2.57 bits per heavy atom. The lowest BCUT2D eigenvalue weighted by atomic mass is 10.0. The summed E-state index contributed by atoms with van der Waals surface area (Å²) in [6.45, 7) is 11.8. The highest BCUT2D eigenvalue weighted by molar-refractivity contribution is 6.32. The number of carbonyl (C=O) groups is 1. The lowest BCUT2D eigenvalue weighted by Crippen LogP contribution is -2.25. The van der Waals surface area contributed by atoms with E-state index in [9.17, 15) is 4.79 Å². The molecule has 0 atom stereocenters. The van der Waals surface area contributed by atoms with Crippen molar-refractivity contribution >= 4 is 17.7 Å². The molecule has 1 aliphatic heterocycles. The summed E-state index contributed by atoms with van der Waals surface area (Å²) in [6, 6.07) is 0. The average Bonchev–Trinajstić information content (AvgIpc) is 3.23. The third-order valence-electron chi connectivity index (χ3n) is 5.25. The van der Waals surface area contributed by atoms with Gasteiger partial charge in [-0.2, -0.15) is 5.10 Å². The molecule has 0 saturated carbocycles. The summed E-state index contributed by atoms with van der Waals surface area (Å²) < 4.78 is 0. The summed E-state index contributed by atoms with van der Waals surface area (Å²) in [6.07, 6.45) is 8.60. The standard InChI is InChI=1S/C21H28N6O/c1-5-15-16(8-11-27(6-2)7-3)14(4)24-18(15)12-17-20(25-26-21(17)28)19-13-22-9-10-23-19/h9-10,12-13,24H,5-8,11H2,1-4H3,(H,26,28)/b17-12+. The SMILES string of the molecule is CCc1c(/C=C2/C(=O)NN=C2c2cnccn2)[nH]c(C)c1CCN(CC)CC. The van der Waals surface area contributed by atoms with Gasteiger partial charge in [0.15, 0.2) is 0 Å². The van der Waals surface area contributed by atoms with E-state index in [4.69, 9.17) is 0 Å². The molecule has 7 nitrogen and oxygen atoms in total. The molecule has 0 aromatic carbocycles. The van der Waals surface area contributed by atoms with Crippen LogP contribution in [-0.4, -0.2) is 51.1 Å². The third kappa shape index (κ3) is 4.04. The zero-order chi connectivity index (χ0) is 20.1. The van der Waals surface area contributed by atoms with E-state index in [2.05, 4.69) is 58.1 Å². The van der Waals surface area contributed by atoms with E-state index in [0.29, 0.717) is 17.0 Å². The van der Waals surface area contributed by atoms with E-state index in [-0.39, 0.29) is 5.91 Å². The van der Waals surface area contributed by atoms with Crippen LogP contribution in [0.25, 0.3) is 6.08 Å². The van der Waals surface area contributed by atoms with Gasteiger partial charge in [0, 0.05) is 30.3 Å². The Bertz CT molecular complexity index is 893. The number of likely N-dealkylation sites (N-methyl/N-ethyl adjacent to an activating group) is 1. The molecule has 0 radical (unpaired) electrons. The van der Waals surface area contributed by atoms with Crippen LogP contribution in [0.4, 0.5) is 0 Å². The minimum atomic E-state index is -0.223. The quantitative estimate of drug-likeness (QED) is 0.689. The molecule has 148 valence electrons. The Kier molecular flexibility index (Phi) is 6.36. The zero-order valence-electron chi connectivity index (χ0n) is 17.0. The van der Waals surface area contributed by atoms with Gasteiger partial charge in [0.05, 0.1) is 11.8 Å². The van der Waals surface area contributed by atoms with Crippen molar-refractivity contribution in [2.24, 2.45) is 5.10 Å². The number of carbonyl (C=O) groups excluding carboxylic acids is 1. The predicted molar refractivity (Wildman–Crippen MR) is 111 cm³/mol. The number of rotatable bonds is 8. The molecule has 28 heavy (non-hydrogen) atoms. The largest absolute Gasteiger partial charge is 0.359 e. The first kappa shape index (κ1) is 19.9. The highest BCUT2D eigenvalue weighted by Gasteiger charge is 2.26. The first-order valence-corrected chi connectivity index (χ1v) is 9.88. The molecule has 3 rings (SSSR count). The first-order chi connectivity index (χ1) is 13.6. The Morgan fingerprint density at radius 2 is 1.93 bits per heavy atom. The fraction of sp³-hybridized carbons (Fsp3) is 0.429. The Labute approximate surface area is 166 Å².